The van der Waals surface area contributed by atoms with Crippen molar-refractivity contribution in [1.82, 2.24) is 0 Å². The summed E-state index contributed by atoms with van der Waals surface area (Å²) < 4.78 is 5.96. The molecule has 21 heavy (non-hydrogen) atoms. The lowest BCUT2D eigenvalue weighted by Crippen LogP contribution is -2.08. The predicted molar refractivity (Wildman–Crippen MR) is 88.6 cm³/mol. The van der Waals surface area contributed by atoms with Gasteiger partial charge in [-0.05, 0) is 37.0 Å². The number of aryl methyl sites for hydroxylation is 1. The number of nitrogens with two attached hydrogens (primary N) is 1. The Labute approximate surface area is 127 Å². The molecule has 0 fully saturated rings. The van der Waals surface area contributed by atoms with Crippen LogP contribution in [0.25, 0.3) is 0 Å². The molecule has 1 atom stereocenters. The molecular weight excluding hydrogens is 258 g/mol. The second-order valence-corrected chi connectivity index (χ2v) is 6.01. The van der Waals surface area contributed by atoms with Crippen molar-refractivity contribution in [3.05, 3.63) is 64.7 Å². The van der Waals surface area contributed by atoms with Gasteiger partial charge in [0.15, 0.2) is 0 Å². The van der Waals surface area contributed by atoms with Crippen LogP contribution in [0.1, 0.15) is 55.0 Å². The van der Waals surface area contributed by atoms with Gasteiger partial charge in [0, 0.05) is 11.6 Å². The average Bonchev–Trinajstić information content (AvgIpc) is 2.46. The molecule has 2 aromatic carbocycles. The van der Waals surface area contributed by atoms with Crippen LogP contribution in [-0.2, 0) is 6.61 Å². The van der Waals surface area contributed by atoms with Gasteiger partial charge in [-0.15, -0.1) is 0 Å². The summed E-state index contributed by atoms with van der Waals surface area (Å²) in [6, 6.07) is 14.8. The summed E-state index contributed by atoms with van der Waals surface area (Å²) in [6.07, 6.45) is 0. The van der Waals surface area contributed by atoms with Gasteiger partial charge in [-0.25, -0.2) is 0 Å². The van der Waals surface area contributed by atoms with Crippen LogP contribution in [0.4, 0.5) is 0 Å². The zero-order valence-electron chi connectivity index (χ0n) is 13.4. The molecule has 0 aromatic heterocycles. The lowest BCUT2D eigenvalue weighted by Gasteiger charge is -2.15. The van der Waals surface area contributed by atoms with E-state index in [0.717, 1.165) is 11.3 Å². The first-order chi connectivity index (χ1) is 9.97. The Bertz CT molecular complexity index is 585. The molecule has 0 aliphatic heterocycles. The Morgan fingerprint density at radius 3 is 2.24 bits per heavy atom. The summed E-state index contributed by atoms with van der Waals surface area (Å²) >= 11 is 0. The van der Waals surface area contributed by atoms with Gasteiger partial charge in [0.2, 0.25) is 0 Å². The summed E-state index contributed by atoms with van der Waals surface area (Å²) in [7, 11) is 0. The number of hydrogen-bond donors (Lipinski definition) is 1. The average molecular weight is 283 g/mol. The van der Waals surface area contributed by atoms with Gasteiger partial charge >= 0.3 is 0 Å². The Morgan fingerprint density at radius 1 is 1.00 bits per heavy atom. The third-order valence-electron chi connectivity index (χ3n) is 3.70. The molecule has 0 saturated carbocycles. The smallest absolute Gasteiger partial charge is 0.124 e. The quantitative estimate of drug-likeness (QED) is 0.862. The lowest BCUT2D eigenvalue weighted by molar-refractivity contribution is 0.301. The molecule has 2 heteroatoms. The first kappa shape index (κ1) is 15.6. The summed E-state index contributed by atoms with van der Waals surface area (Å²) in [5, 5.41) is 0. The summed E-state index contributed by atoms with van der Waals surface area (Å²) in [5.41, 5.74) is 10.8. The van der Waals surface area contributed by atoms with E-state index in [2.05, 4.69) is 57.2 Å². The molecule has 0 aliphatic rings. The molecule has 1 unspecified atom stereocenters. The topological polar surface area (TPSA) is 35.2 Å². The maximum Gasteiger partial charge on any atom is 0.124 e. The summed E-state index contributed by atoms with van der Waals surface area (Å²) in [6.45, 7) is 9.03. The maximum atomic E-state index is 6.03. The molecule has 0 aliphatic carbocycles. The van der Waals surface area contributed by atoms with Crippen LogP contribution in [-0.4, -0.2) is 0 Å². The second kappa shape index (κ2) is 6.77. The molecule has 0 saturated heterocycles. The van der Waals surface area contributed by atoms with Gasteiger partial charge < -0.3 is 10.5 Å². The van der Waals surface area contributed by atoms with Crippen molar-refractivity contribution in [2.75, 3.05) is 0 Å². The van der Waals surface area contributed by atoms with Crippen LogP contribution in [0.15, 0.2) is 42.5 Å². The first-order valence-electron chi connectivity index (χ1n) is 7.55. The zero-order valence-corrected chi connectivity index (χ0v) is 13.4. The Kier molecular flexibility index (Phi) is 5.03. The molecule has 0 radical (unpaired) electrons. The van der Waals surface area contributed by atoms with E-state index in [1.54, 1.807) is 0 Å². The highest BCUT2D eigenvalue weighted by Crippen LogP contribution is 2.26. The third-order valence-corrected chi connectivity index (χ3v) is 3.70. The van der Waals surface area contributed by atoms with Crippen molar-refractivity contribution in [2.45, 2.75) is 46.3 Å². The van der Waals surface area contributed by atoms with E-state index in [0.29, 0.717) is 12.5 Å². The monoisotopic (exact) mass is 283 g/mol. The molecule has 2 N–H and O–H groups in total. The molecule has 0 amide bonds. The van der Waals surface area contributed by atoms with Crippen LogP contribution in [0, 0.1) is 6.92 Å². The molecule has 2 aromatic rings. The third kappa shape index (κ3) is 4.08. The van der Waals surface area contributed by atoms with Crippen LogP contribution < -0.4 is 10.5 Å². The van der Waals surface area contributed by atoms with Crippen molar-refractivity contribution in [3.8, 4) is 5.75 Å². The van der Waals surface area contributed by atoms with E-state index in [4.69, 9.17) is 10.5 Å². The molecule has 112 valence electrons. The van der Waals surface area contributed by atoms with Gasteiger partial charge in [0.25, 0.3) is 0 Å². The van der Waals surface area contributed by atoms with Crippen LogP contribution in [0.5, 0.6) is 5.75 Å². The van der Waals surface area contributed by atoms with Crippen LogP contribution in [0.2, 0.25) is 0 Å². The fourth-order valence-electron chi connectivity index (χ4n) is 2.32. The zero-order chi connectivity index (χ0) is 15.4. The van der Waals surface area contributed by atoms with E-state index < -0.39 is 0 Å². The molecule has 0 spiro atoms. The van der Waals surface area contributed by atoms with E-state index >= 15 is 0 Å². The molecular formula is C19H25NO. The van der Waals surface area contributed by atoms with Gasteiger partial charge in [-0.2, -0.15) is 0 Å². The van der Waals surface area contributed by atoms with E-state index in [1.807, 2.05) is 13.0 Å². The van der Waals surface area contributed by atoms with Crippen molar-refractivity contribution in [2.24, 2.45) is 5.73 Å². The Morgan fingerprint density at radius 2 is 1.67 bits per heavy atom. The van der Waals surface area contributed by atoms with Crippen LogP contribution in [0.3, 0.4) is 0 Å². The van der Waals surface area contributed by atoms with Crippen molar-refractivity contribution >= 4 is 0 Å². The number of ether oxygens (including phenoxy) is 1. The minimum Gasteiger partial charge on any atom is -0.489 e. The highest BCUT2D eigenvalue weighted by atomic mass is 16.5. The lowest BCUT2D eigenvalue weighted by atomic mass is 10.0. The van der Waals surface area contributed by atoms with Gasteiger partial charge in [0.05, 0.1) is 0 Å². The second-order valence-electron chi connectivity index (χ2n) is 6.01. The van der Waals surface area contributed by atoms with E-state index in [-0.39, 0.29) is 6.04 Å². The highest BCUT2D eigenvalue weighted by Gasteiger charge is 2.09. The van der Waals surface area contributed by atoms with Gasteiger partial charge in [-0.3, -0.25) is 0 Å². The first-order valence-corrected chi connectivity index (χ1v) is 7.55. The number of rotatable bonds is 5. The van der Waals surface area contributed by atoms with Crippen molar-refractivity contribution < 1.29 is 4.74 Å². The van der Waals surface area contributed by atoms with Gasteiger partial charge in [-0.1, -0.05) is 55.8 Å². The minimum atomic E-state index is -0.0248. The Hall–Kier alpha value is -1.80. The molecule has 0 bridgehead atoms. The SMILES string of the molecule is Cc1ccc(OCc2ccc(C(C)C)cc2)c(C(C)N)c1. The molecule has 2 nitrogen and oxygen atoms in total. The summed E-state index contributed by atoms with van der Waals surface area (Å²) in [4.78, 5) is 0. The normalized spacial score (nSPS) is 12.5. The van der Waals surface area contributed by atoms with E-state index in [9.17, 15) is 0 Å². The maximum absolute atomic E-state index is 6.03. The minimum absolute atomic E-state index is 0.0248. The number of benzene rings is 2. The number of hydrogen-bond acceptors (Lipinski definition) is 2. The highest BCUT2D eigenvalue weighted by molar-refractivity contribution is 5.39. The van der Waals surface area contributed by atoms with Gasteiger partial charge in [0.1, 0.15) is 12.4 Å². The summed E-state index contributed by atoms with van der Waals surface area (Å²) in [5.74, 6) is 1.44. The standard InChI is InChI=1S/C19H25NO/c1-13(2)17-8-6-16(7-9-17)12-21-19-10-5-14(3)11-18(19)15(4)20/h5-11,13,15H,12,20H2,1-4H3. The van der Waals surface area contributed by atoms with Crippen molar-refractivity contribution in [3.63, 3.8) is 0 Å². The predicted octanol–water partition coefficient (Wildman–Crippen LogP) is 4.72. The molecule has 0 heterocycles. The van der Waals surface area contributed by atoms with Crippen LogP contribution >= 0.6 is 0 Å². The Balaban J connectivity index is 2.09. The fraction of sp³-hybridized carbons (Fsp3) is 0.368. The largest absolute Gasteiger partial charge is 0.489 e. The molecule has 2 rings (SSSR count). The van der Waals surface area contributed by atoms with E-state index in [1.165, 1.54) is 16.7 Å². The van der Waals surface area contributed by atoms with Crippen molar-refractivity contribution in [1.29, 1.82) is 0 Å². The fourth-order valence-corrected chi connectivity index (χ4v) is 2.32.